The molecule has 0 bridgehead atoms. The second-order valence-corrected chi connectivity index (χ2v) is 19.8. The average Bonchev–Trinajstić information content (AvgIpc) is 3.83. The average molecular weight is 1010 g/mol. The van der Waals surface area contributed by atoms with E-state index in [9.17, 15) is 62.2 Å². The first-order valence-corrected chi connectivity index (χ1v) is 24.7. The molecule has 3 aliphatic heterocycles. The van der Waals surface area contributed by atoms with Gasteiger partial charge in [0.25, 0.3) is 29.0 Å². The zero-order valence-corrected chi connectivity index (χ0v) is 45.1. The normalized spacial score (nSPS) is 24.0. The van der Waals surface area contributed by atoms with Gasteiger partial charge >= 0.3 is 100 Å². The molecule has 3 unspecified atom stereocenters. The largest absolute Gasteiger partial charge is 1.00 e. The summed E-state index contributed by atoms with van der Waals surface area (Å²) in [5.74, 6) is 0.450. The second-order valence-electron chi connectivity index (χ2n) is 14.2. The minimum absolute atomic E-state index is 0. The van der Waals surface area contributed by atoms with Gasteiger partial charge in [-0.2, -0.15) is 11.8 Å². The minimum atomic E-state index is -6.14. The summed E-state index contributed by atoms with van der Waals surface area (Å²) in [7, 11) is -17.9. The van der Waals surface area contributed by atoms with Crippen LogP contribution in [0.3, 0.4) is 0 Å². The van der Waals surface area contributed by atoms with Crippen molar-refractivity contribution >= 4 is 65.1 Å². The fraction of sp³-hybridized carbons (Fsp3) is 0.688. The molecule has 3 fully saturated rings. The molecule has 1 aromatic rings. The number of ether oxygens (including phenoxy) is 1. The Labute approximate surface area is 438 Å². The van der Waals surface area contributed by atoms with Crippen LogP contribution in [0.5, 0.6) is 0 Å². The number of amides is 5. The summed E-state index contributed by atoms with van der Waals surface area (Å²) < 4.78 is 51.1. The Morgan fingerprint density at radius 2 is 1.50 bits per heavy atom. The van der Waals surface area contributed by atoms with Gasteiger partial charge in [0.1, 0.15) is 12.3 Å². The van der Waals surface area contributed by atoms with Crippen molar-refractivity contribution in [2.24, 2.45) is 0 Å². The SMILES string of the molecule is O=C(CCCCCNC(=O)CCCNC(=O)CCCC[C@@H]1SC[C@@H]2NC(=O)N[C@@H]21)NC/C=C/c1cn([C@H]2C[C@H](O)[C@@H](COP(=O)([O-])OP(=O)([O-])OP(=O)([O-])O)O2)c(=O)[nH]c1=O.[Na+].[Na+].[Na+]. The summed E-state index contributed by atoms with van der Waals surface area (Å²) in [5.41, 5.74) is -1.81. The van der Waals surface area contributed by atoms with Crippen LogP contribution in [-0.2, 0) is 46.0 Å². The maximum Gasteiger partial charge on any atom is 1.00 e. The van der Waals surface area contributed by atoms with Crippen LogP contribution in [0.25, 0.3) is 6.08 Å². The van der Waals surface area contributed by atoms with Crippen LogP contribution in [0.4, 0.5) is 4.79 Å². The van der Waals surface area contributed by atoms with Gasteiger partial charge in [-0.1, -0.05) is 25.0 Å². The van der Waals surface area contributed by atoms with Crippen LogP contribution in [0.15, 0.2) is 21.9 Å². The Morgan fingerprint density at radius 3 is 2.17 bits per heavy atom. The van der Waals surface area contributed by atoms with Crippen molar-refractivity contribution in [1.82, 2.24) is 36.1 Å². The molecule has 8 N–H and O–H groups in total. The molecule has 64 heavy (non-hydrogen) atoms. The summed E-state index contributed by atoms with van der Waals surface area (Å²) in [5, 5.41) is 24.9. The van der Waals surface area contributed by atoms with Crippen LogP contribution in [0.2, 0.25) is 0 Å². The molecular weight excluding hydrogens is 964 g/mol. The number of aliphatic hydroxyl groups excluding tert-OH is 1. The van der Waals surface area contributed by atoms with Gasteiger partial charge in [-0.25, -0.2) is 18.2 Å². The van der Waals surface area contributed by atoms with Crippen LogP contribution in [-0.4, -0.2) is 105 Å². The van der Waals surface area contributed by atoms with E-state index in [2.05, 4.69) is 44.7 Å². The first-order chi connectivity index (χ1) is 28.7. The third-order valence-electron chi connectivity index (χ3n) is 9.41. The number of hydrogen-bond acceptors (Lipinski definition) is 18. The van der Waals surface area contributed by atoms with E-state index in [0.29, 0.717) is 50.4 Å². The number of carbonyl (C=O) groups excluding carboxylic acids is 4. The molecule has 344 valence electrons. The summed E-state index contributed by atoms with van der Waals surface area (Å²) in [6.07, 6.45) is 5.13. The van der Waals surface area contributed by atoms with Gasteiger partial charge in [-0.05, 0) is 32.1 Å². The Balaban J connectivity index is 0.00000683. The van der Waals surface area contributed by atoms with Crippen molar-refractivity contribution in [3.05, 3.63) is 38.7 Å². The number of carbonyl (C=O) groups is 4. The number of rotatable bonds is 26. The quantitative estimate of drug-likeness (QED) is 0.0185. The number of phosphoric ester groups is 1. The Hall–Kier alpha value is -0.220. The minimum Gasteiger partial charge on any atom is -0.756 e. The number of unbranched alkanes of at least 4 members (excludes halogenated alkanes) is 3. The zero-order valence-electron chi connectivity index (χ0n) is 35.6. The molecule has 0 radical (unpaired) electrons. The van der Waals surface area contributed by atoms with Crippen molar-refractivity contribution < 1.29 is 164 Å². The van der Waals surface area contributed by atoms with E-state index in [1.165, 1.54) is 12.2 Å². The number of urea groups is 1. The third-order valence-corrected chi connectivity index (χ3v) is 14.6. The topological polar surface area (TPSA) is 381 Å². The molecule has 4 rings (SSSR count). The maximum atomic E-state index is 12.5. The van der Waals surface area contributed by atoms with Crippen molar-refractivity contribution in [3.8, 4) is 0 Å². The predicted molar refractivity (Wildman–Crippen MR) is 209 cm³/mol. The van der Waals surface area contributed by atoms with Gasteiger partial charge in [0, 0.05) is 62.5 Å². The van der Waals surface area contributed by atoms with Crippen LogP contribution in [0.1, 0.15) is 82.4 Å². The molecular formula is C32H49N7Na3O18P3S. The standard InChI is InChI=1S/C32H52N7O18P3S.3Na/c40-22-16-28(55-23(22)18-54-59(50,51)57-60(52,53)56-58(47,48)49)39-17-20(30(44)38-32(39)46)8-6-14-34-25(41)10-2-1-5-13-33-27(43)12-7-15-35-26(42)11-4-3-9-24-29-21(19-61-24)36-31(45)37-29;;;/h6,8,17,21-24,28-29,40H,1-5,7,9-16,18-19H2,(H,33,43)(H,34,41)(H,35,42)(H,50,51)(H,52,53)(H2,36,37,45)(H,38,44,46)(H2,47,48,49);;;/q;3*+1/p-3/b8-6+;;;/t21-,22-,23+,24-,28+,29-;;;/m0.../s1. The molecule has 0 saturated carbocycles. The first kappa shape index (κ1) is 61.8. The predicted octanol–water partition coefficient (Wildman–Crippen LogP) is -10.9. The number of aromatic amines is 1. The van der Waals surface area contributed by atoms with E-state index in [-0.39, 0.29) is 156 Å². The Bertz CT molecular complexity index is 2020. The third kappa shape index (κ3) is 22.5. The van der Waals surface area contributed by atoms with E-state index in [1.54, 1.807) is 0 Å². The molecule has 0 spiro atoms. The first-order valence-electron chi connectivity index (χ1n) is 19.3. The molecule has 0 aromatic carbocycles. The molecule has 5 amide bonds. The molecule has 0 aliphatic carbocycles. The van der Waals surface area contributed by atoms with Gasteiger partial charge in [0.2, 0.25) is 17.7 Å². The molecule has 32 heteroatoms. The summed E-state index contributed by atoms with van der Waals surface area (Å²) >= 11 is 1.85. The summed E-state index contributed by atoms with van der Waals surface area (Å²) in [4.78, 5) is 117. The molecule has 25 nitrogen and oxygen atoms in total. The molecule has 3 aliphatic rings. The summed E-state index contributed by atoms with van der Waals surface area (Å²) in [6.45, 7) is -0.203. The smallest absolute Gasteiger partial charge is 0.756 e. The molecule has 3 saturated heterocycles. The van der Waals surface area contributed by atoms with E-state index < -0.39 is 59.8 Å². The monoisotopic (exact) mass is 1010 g/mol. The van der Waals surface area contributed by atoms with E-state index in [1.807, 2.05) is 11.8 Å². The van der Waals surface area contributed by atoms with E-state index >= 15 is 0 Å². The van der Waals surface area contributed by atoms with Crippen LogP contribution < -0.4 is 141 Å². The number of H-pyrrole nitrogens is 1. The van der Waals surface area contributed by atoms with E-state index in [0.717, 1.165) is 35.8 Å². The molecule has 4 heterocycles. The second kappa shape index (κ2) is 29.7. The Kier molecular flexibility index (Phi) is 28.7. The number of fused-ring (bicyclic) bond motifs is 1. The zero-order chi connectivity index (χ0) is 44.8. The van der Waals surface area contributed by atoms with Crippen molar-refractivity contribution in [2.75, 3.05) is 32.0 Å². The van der Waals surface area contributed by atoms with Crippen LogP contribution >= 0.6 is 35.2 Å². The number of thioether (sulfide) groups is 1. The number of nitrogens with one attached hydrogen (secondary N) is 6. The molecule has 1 aromatic heterocycles. The molecule has 9 atom stereocenters. The van der Waals surface area contributed by atoms with Gasteiger partial charge in [-0.15, -0.1) is 0 Å². The number of aliphatic hydroxyl groups is 1. The fourth-order valence-electron chi connectivity index (χ4n) is 6.51. The maximum absolute atomic E-state index is 12.5. The fourth-order valence-corrected chi connectivity index (χ4v) is 11.0. The van der Waals surface area contributed by atoms with Gasteiger partial charge in [-0.3, -0.25) is 42.4 Å². The van der Waals surface area contributed by atoms with Crippen molar-refractivity contribution in [3.63, 3.8) is 0 Å². The van der Waals surface area contributed by atoms with Gasteiger partial charge in [0.15, 0.2) is 0 Å². The van der Waals surface area contributed by atoms with Crippen molar-refractivity contribution in [1.29, 1.82) is 0 Å². The Morgan fingerprint density at radius 1 is 0.875 bits per heavy atom. The number of aromatic nitrogens is 2. The number of phosphoric acid groups is 3. The van der Waals surface area contributed by atoms with E-state index in [4.69, 9.17) is 9.63 Å². The van der Waals surface area contributed by atoms with Gasteiger partial charge < -0.3 is 60.5 Å². The van der Waals surface area contributed by atoms with Gasteiger partial charge in [0.05, 0.1) is 30.4 Å². The van der Waals surface area contributed by atoms with Crippen molar-refractivity contribution in [2.45, 2.75) is 106 Å². The summed E-state index contributed by atoms with van der Waals surface area (Å²) in [6, 6.07) is 0.228. The number of hydrogen-bond donors (Lipinski definition) is 8. The van der Waals surface area contributed by atoms with Crippen LogP contribution in [0, 0.1) is 0 Å². The number of nitrogens with zero attached hydrogens (tertiary/aromatic N) is 1.